The summed E-state index contributed by atoms with van der Waals surface area (Å²) in [6.07, 6.45) is 0. The third-order valence-electron chi connectivity index (χ3n) is 0.881. The van der Waals surface area contributed by atoms with Gasteiger partial charge in [-0.05, 0) is 0 Å². The zero-order valence-corrected chi connectivity index (χ0v) is 7.50. The van der Waals surface area contributed by atoms with Crippen LogP contribution in [0.1, 0.15) is 0 Å². The molecule has 0 spiro atoms. The minimum Gasteiger partial charge on any atom is -0.363 e. The Hall–Kier alpha value is -0.800. The van der Waals surface area contributed by atoms with E-state index in [1.807, 2.05) is 6.07 Å². The topological polar surface area (TPSA) is 61.6 Å². The molecule has 0 amide bonds. The summed E-state index contributed by atoms with van der Waals surface area (Å²) in [6.45, 7) is 0. The maximum absolute atomic E-state index is 8.26. The van der Waals surface area contributed by atoms with Crippen LogP contribution in [-0.2, 0) is 0 Å². The van der Waals surface area contributed by atoms with Crippen molar-refractivity contribution in [3.63, 3.8) is 0 Å². The van der Waals surface area contributed by atoms with Crippen LogP contribution in [0.3, 0.4) is 0 Å². The molecular weight excluding hydrogens is 180 g/mol. The molecule has 1 aromatic rings. The first-order valence-electron chi connectivity index (χ1n) is 2.88. The summed E-state index contributed by atoms with van der Waals surface area (Å²) in [5.74, 6) is 0.429. The van der Waals surface area contributed by atoms with Gasteiger partial charge in [-0.15, -0.1) is 10.2 Å². The maximum atomic E-state index is 8.26. The molecule has 0 saturated heterocycles. The smallest absolute Gasteiger partial charge is 0.206 e. The van der Waals surface area contributed by atoms with Crippen molar-refractivity contribution >= 4 is 28.2 Å². The Labute approximate surface area is 72.6 Å². The third-order valence-corrected chi connectivity index (χ3v) is 2.82. The molecule has 0 saturated carbocycles. The highest BCUT2D eigenvalue weighted by Crippen LogP contribution is 2.24. The number of rotatable bonds is 3. The lowest BCUT2D eigenvalue weighted by Gasteiger charge is -1.84. The summed E-state index contributed by atoms with van der Waals surface area (Å²) in [6, 6.07) is 2.02. The Bertz CT molecular complexity index is 264. The summed E-state index contributed by atoms with van der Waals surface area (Å²) < 4.78 is 0.830. The second kappa shape index (κ2) is 4.16. The predicted octanol–water partition coefficient (Wildman–Crippen LogP) is 1.20. The highest BCUT2D eigenvalue weighted by Gasteiger charge is 2.00. The van der Waals surface area contributed by atoms with Gasteiger partial charge in [-0.25, -0.2) is 0 Å². The lowest BCUT2D eigenvalue weighted by molar-refractivity contribution is 1.01. The van der Waals surface area contributed by atoms with Gasteiger partial charge < -0.3 is 5.32 Å². The molecule has 0 aliphatic rings. The first kappa shape index (κ1) is 8.30. The molecule has 0 aromatic carbocycles. The van der Waals surface area contributed by atoms with E-state index in [9.17, 15) is 0 Å². The zero-order valence-electron chi connectivity index (χ0n) is 5.87. The molecule has 1 N–H and O–H groups in total. The number of hydrogen-bond donors (Lipinski definition) is 1. The van der Waals surface area contributed by atoms with Crippen LogP contribution in [0.25, 0.3) is 0 Å². The quantitative estimate of drug-likeness (QED) is 0.718. The Balaban J connectivity index is 2.53. The largest absolute Gasteiger partial charge is 0.363 e. The summed E-state index contributed by atoms with van der Waals surface area (Å²) in [4.78, 5) is 0. The number of nitriles is 1. The summed E-state index contributed by atoms with van der Waals surface area (Å²) >= 11 is 2.85. The fourth-order valence-electron chi connectivity index (χ4n) is 0.463. The van der Waals surface area contributed by atoms with E-state index in [1.54, 1.807) is 7.05 Å². The Kier molecular flexibility index (Phi) is 3.14. The summed E-state index contributed by atoms with van der Waals surface area (Å²) in [5, 5.41) is 19.6. The summed E-state index contributed by atoms with van der Waals surface area (Å²) in [7, 11) is 1.79. The monoisotopic (exact) mass is 186 g/mol. The van der Waals surface area contributed by atoms with E-state index in [0.717, 1.165) is 9.47 Å². The van der Waals surface area contributed by atoms with Gasteiger partial charge in [0.25, 0.3) is 0 Å². The van der Waals surface area contributed by atoms with E-state index in [1.165, 1.54) is 23.1 Å². The highest BCUT2D eigenvalue weighted by molar-refractivity contribution is 8.01. The molecule has 6 heteroatoms. The first-order chi connectivity index (χ1) is 5.36. The van der Waals surface area contributed by atoms with Crippen LogP contribution in [0.2, 0.25) is 0 Å². The molecule has 0 fully saturated rings. The molecule has 0 aliphatic carbocycles. The minimum atomic E-state index is 0.429. The van der Waals surface area contributed by atoms with Crippen molar-refractivity contribution < 1.29 is 0 Å². The normalized spacial score (nSPS) is 9.09. The van der Waals surface area contributed by atoms with Gasteiger partial charge in [0.15, 0.2) is 4.34 Å². The van der Waals surface area contributed by atoms with Gasteiger partial charge in [0.05, 0.1) is 11.8 Å². The molecule has 0 unspecified atom stereocenters. The third kappa shape index (κ3) is 2.37. The van der Waals surface area contributed by atoms with Gasteiger partial charge in [-0.3, -0.25) is 0 Å². The van der Waals surface area contributed by atoms with Crippen LogP contribution in [0.4, 0.5) is 5.13 Å². The molecular formula is C5H6N4S2. The van der Waals surface area contributed by atoms with Crippen LogP contribution in [0.5, 0.6) is 0 Å². The van der Waals surface area contributed by atoms with Crippen LogP contribution >= 0.6 is 23.1 Å². The molecule has 58 valence electrons. The average Bonchev–Trinajstić information content (AvgIpc) is 2.48. The number of hydrogen-bond acceptors (Lipinski definition) is 6. The second-order valence-corrected chi connectivity index (χ2v) is 3.77. The number of thioether (sulfide) groups is 1. The van der Waals surface area contributed by atoms with Crippen LogP contribution in [0.15, 0.2) is 4.34 Å². The number of nitrogens with zero attached hydrogens (tertiary/aromatic N) is 3. The molecule has 0 bridgehead atoms. The van der Waals surface area contributed by atoms with Crippen molar-refractivity contribution in [3.8, 4) is 6.07 Å². The van der Waals surface area contributed by atoms with Crippen LogP contribution < -0.4 is 5.32 Å². The van der Waals surface area contributed by atoms with E-state index in [2.05, 4.69) is 15.5 Å². The Morgan fingerprint density at radius 3 is 3.09 bits per heavy atom. The van der Waals surface area contributed by atoms with E-state index in [0.29, 0.717) is 5.75 Å². The van der Waals surface area contributed by atoms with Gasteiger partial charge >= 0.3 is 0 Å². The Morgan fingerprint density at radius 1 is 1.73 bits per heavy atom. The molecule has 4 nitrogen and oxygen atoms in total. The first-order valence-corrected chi connectivity index (χ1v) is 4.68. The van der Waals surface area contributed by atoms with Gasteiger partial charge in [0.1, 0.15) is 0 Å². The van der Waals surface area contributed by atoms with Gasteiger partial charge in [0.2, 0.25) is 5.13 Å². The lowest BCUT2D eigenvalue weighted by Crippen LogP contribution is -1.84. The van der Waals surface area contributed by atoms with Crippen molar-refractivity contribution in [2.45, 2.75) is 4.34 Å². The minimum absolute atomic E-state index is 0.429. The predicted molar refractivity (Wildman–Crippen MR) is 45.8 cm³/mol. The average molecular weight is 186 g/mol. The van der Waals surface area contributed by atoms with Crippen molar-refractivity contribution in [1.82, 2.24) is 10.2 Å². The molecule has 1 rings (SSSR count). The van der Waals surface area contributed by atoms with Crippen LogP contribution in [-0.4, -0.2) is 23.0 Å². The number of anilines is 1. The van der Waals surface area contributed by atoms with E-state index >= 15 is 0 Å². The van der Waals surface area contributed by atoms with E-state index in [4.69, 9.17) is 5.26 Å². The SMILES string of the molecule is CNc1nnc(SCC#N)s1. The zero-order chi connectivity index (χ0) is 8.10. The van der Waals surface area contributed by atoms with Gasteiger partial charge in [-0.2, -0.15) is 5.26 Å². The fourth-order valence-corrected chi connectivity index (χ4v) is 1.83. The molecule has 1 aromatic heterocycles. The molecule has 0 atom stereocenters. The highest BCUT2D eigenvalue weighted by atomic mass is 32.2. The molecule has 11 heavy (non-hydrogen) atoms. The number of aromatic nitrogens is 2. The standard InChI is InChI=1S/C5H6N4S2/c1-7-4-8-9-5(11-4)10-3-2-6/h3H2,1H3,(H,7,8). The fraction of sp³-hybridized carbons (Fsp3) is 0.400. The summed E-state index contributed by atoms with van der Waals surface area (Å²) in [5.41, 5.74) is 0. The van der Waals surface area contributed by atoms with Crippen LogP contribution in [0, 0.1) is 11.3 Å². The van der Waals surface area contributed by atoms with Gasteiger partial charge in [0, 0.05) is 7.05 Å². The van der Waals surface area contributed by atoms with Crippen molar-refractivity contribution in [3.05, 3.63) is 0 Å². The Morgan fingerprint density at radius 2 is 2.55 bits per heavy atom. The molecule has 0 aliphatic heterocycles. The maximum Gasteiger partial charge on any atom is 0.206 e. The van der Waals surface area contributed by atoms with Crippen molar-refractivity contribution in [2.24, 2.45) is 0 Å². The number of nitrogens with one attached hydrogen (secondary N) is 1. The van der Waals surface area contributed by atoms with E-state index in [-0.39, 0.29) is 0 Å². The van der Waals surface area contributed by atoms with Crippen molar-refractivity contribution in [2.75, 3.05) is 18.1 Å². The molecule has 0 radical (unpaired) electrons. The second-order valence-electron chi connectivity index (χ2n) is 1.57. The van der Waals surface area contributed by atoms with E-state index < -0.39 is 0 Å². The van der Waals surface area contributed by atoms with Gasteiger partial charge in [-0.1, -0.05) is 23.1 Å². The van der Waals surface area contributed by atoms with Crippen molar-refractivity contribution in [1.29, 1.82) is 5.26 Å². The lowest BCUT2D eigenvalue weighted by atomic mass is 10.9. The molecule has 1 heterocycles.